The van der Waals surface area contributed by atoms with Crippen LogP contribution in [0, 0.1) is 11.8 Å². The first-order valence-corrected chi connectivity index (χ1v) is 9.39. The van der Waals surface area contributed by atoms with Crippen LogP contribution in [0.5, 0.6) is 0 Å². The molecule has 1 N–H and O–H groups in total. The Balaban J connectivity index is 1.46. The zero-order valence-electron chi connectivity index (χ0n) is 15.6. The largest absolute Gasteiger partial charge is 0.353 e. The molecule has 0 bridgehead atoms. The van der Waals surface area contributed by atoms with Crippen molar-refractivity contribution < 1.29 is 4.79 Å². The number of carbonyl (C=O) groups excluding carboxylic acids is 1. The smallest absolute Gasteiger partial charge is 0.225 e. The highest BCUT2D eigenvalue weighted by Gasteiger charge is 2.38. The van der Waals surface area contributed by atoms with Crippen LogP contribution in [0.1, 0.15) is 25.8 Å². The maximum Gasteiger partial charge on any atom is 0.225 e. The van der Waals surface area contributed by atoms with E-state index < -0.39 is 0 Å². The Hall–Kier alpha value is -2.04. The van der Waals surface area contributed by atoms with Gasteiger partial charge >= 0.3 is 0 Å². The molecule has 25 heavy (non-hydrogen) atoms. The minimum absolute atomic E-state index is 0.0780. The van der Waals surface area contributed by atoms with Gasteiger partial charge in [-0.1, -0.05) is 44.2 Å². The normalized spacial score (nSPS) is 23.8. The standard InChI is InChI=1S/C20H30N4O/c1-15(2)19(25)23-9-11-24(12-10-23)20(21-3)22-18-14-17(18)13-16-7-5-4-6-8-16/h4-8,15,17-18H,9-14H2,1-3H3,(H,21,22). The second kappa shape index (κ2) is 7.89. The fraction of sp³-hybridized carbons (Fsp3) is 0.600. The quantitative estimate of drug-likeness (QED) is 0.672. The van der Waals surface area contributed by atoms with Crippen molar-refractivity contribution in [3.8, 4) is 0 Å². The molecule has 2 atom stereocenters. The van der Waals surface area contributed by atoms with Gasteiger partial charge in [0.25, 0.3) is 0 Å². The molecule has 2 aliphatic rings. The molecule has 1 aromatic rings. The summed E-state index contributed by atoms with van der Waals surface area (Å²) in [7, 11) is 1.85. The molecule has 1 saturated carbocycles. The van der Waals surface area contributed by atoms with E-state index in [0.29, 0.717) is 12.0 Å². The molecule has 1 amide bonds. The van der Waals surface area contributed by atoms with E-state index in [1.54, 1.807) is 0 Å². The minimum Gasteiger partial charge on any atom is -0.353 e. The number of rotatable bonds is 4. The predicted molar refractivity (Wildman–Crippen MR) is 102 cm³/mol. The number of nitrogens with one attached hydrogen (secondary N) is 1. The number of amides is 1. The van der Waals surface area contributed by atoms with E-state index in [9.17, 15) is 4.79 Å². The molecule has 136 valence electrons. The molecule has 1 aromatic carbocycles. The topological polar surface area (TPSA) is 47.9 Å². The van der Waals surface area contributed by atoms with E-state index in [2.05, 4.69) is 45.5 Å². The zero-order valence-corrected chi connectivity index (χ0v) is 15.6. The van der Waals surface area contributed by atoms with E-state index in [1.165, 1.54) is 12.0 Å². The lowest BCUT2D eigenvalue weighted by atomic mass is 10.1. The molecule has 0 spiro atoms. The van der Waals surface area contributed by atoms with Crippen LogP contribution in [0.3, 0.4) is 0 Å². The number of hydrogen-bond donors (Lipinski definition) is 1. The Kier molecular flexibility index (Phi) is 5.61. The molecule has 5 heteroatoms. The highest BCUT2D eigenvalue weighted by molar-refractivity contribution is 5.82. The van der Waals surface area contributed by atoms with Crippen LogP contribution in [0.2, 0.25) is 0 Å². The van der Waals surface area contributed by atoms with E-state index in [0.717, 1.165) is 38.6 Å². The summed E-state index contributed by atoms with van der Waals surface area (Å²) in [5, 5.41) is 3.62. The number of carbonyl (C=O) groups is 1. The average molecular weight is 342 g/mol. The minimum atomic E-state index is 0.0780. The van der Waals surface area contributed by atoms with Gasteiger partial charge in [0.05, 0.1) is 0 Å². The van der Waals surface area contributed by atoms with Crippen molar-refractivity contribution in [2.75, 3.05) is 33.2 Å². The molecule has 1 heterocycles. The van der Waals surface area contributed by atoms with Gasteiger partial charge in [-0.3, -0.25) is 9.79 Å². The third kappa shape index (κ3) is 4.53. The van der Waals surface area contributed by atoms with Gasteiger partial charge < -0.3 is 15.1 Å². The van der Waals surface area contributed by atoms with Crippen LogP contribution < -0.4 is 5.32 Å². The van der Waals surface area contributed by atoms with Gasteiger partial charge in [0.15, 0.2) is 5.96 Å². The van der Waals surface area contributed by atoms with Gasteiger partial charge in [0.2, 0.25) is 5.91 Å². The van der Waals surface area contributed by atoms with Crippen LogP contribution in [-0.2, 0) is 11.2 Å². The molecule has 3 rings (SSSR count). The third-order valence-corrected chi connectivity index (χ3v) is 5.17. The number of hydrogen-bond acceptors (Lipinski definition) is 2. The van der Waals surface area contributed by atoms with E-state index >= 15 is 0 Å². The summed E-state index contributed by atoms with van der Waals surface area (Å²) in [5.41, 5.74) is 1.41. The Bertz CT molecular complexity index is 605. The van der Waals surface area contributed by atoms with Gasteiger partial charge in [-0.05, 0) is 24.3 Å². The van der Waals surface area contributed by atoms with Crippen molar-refractivity contribution in [3.63, 3.8) is 0 Å². The predicted octanol–water partition coefficient (Wildman–Crippen LogP) is 1.99. The second-order valence-corrected chi connectivity index (χ2v) is 7.45. The molecule has 1 saturated heterocycles. The number of aliphatic imine (C=N–C) groups is 1. The molecule has 1 aliphatic carbocycles. The summed E-state index contributed by atoms with van der Waals surface area (Å²) < 4.78 is 0. The average Bonchev–Trinajstić information content (AvgIpc) is 3.37. The zero-order chi connectivity index (χ0) is 17.8. The lowest BCUT2D eigenvalue weighted by Crippen LogP contribution is -2.54. The highest BCUT2D eigenvalue weighted by Crippen LogP contribution is 2.33. The molecule has 2 unspecified atom stereocenters. The Labute approximate surface area is 151 Å². The van der Waals surface area contributed by atoms with E-state index in [-0.39, 0.29) is 11.8 Å². The second-order valence-electron chi connectivity index (χ2n) is 7.45. The summed E-state index contributed by atoms with van der Waals surface area (Å²) in [6.45, 7) is 7.22. The molecule has 0 aromatic heterocycles. The maximum atomic E-state index is 12.1. The van der Waals surface area contributed by atoms with Crippen molar-refractivity contribution in [3.05, 3.63) is 35.9 Å². The van der Waals surface area contributed by atoms with Gasteiger partial charge in [-0.25, -0.2) is 0 Å². The maximum absolute atomic E-state index is 12.1. The fourth-order valence-electron chi connectivity index (χ4n) is 3.53. The van der Waals surface area contributed by atoms with Crippen molar-refractivity contribution in [1.29, 1.82) is 0 Å². The fourth-order valence-corrected chi connectivity index (χ4v) is 3.53. The van der Waals surface area contributed by atoms with Crippen molar-refractivity contribution in [2.45, 2.75) is 32.7 Å². The Morgan fingerprint density at radius 2 is 1.80 bits per heavy atom. The first-order valence-electron chi connectivity index (χ1n) is 9.39. The first kappa shape index (κ1) is 17.8. The summed E-state index contributed by atoms with van der Waals surface area (Å²) in [6, 6.07) is 11.2. The monoisotopic (exact) mass is 342 g/mol. The molecule has 0 radical (unpaired) electrons. The third-order valence-electron chi connectivity index (χ3n) is 5.17. The number of piperazine rings is 1. The molecule has 5 nitrogen and oxygen atoms in total. The number of nitrogens with zero attached hydrogens (tertiary/aromatic N) is 3. The summed E-state index contributed by atoms with van der Waals surface area (Å²) in [6.07, 6.45) is 2.34. The molecular weight excluding hydrogens is 312 g/mol. The SMILES string of the molecule is CN=C(NC1CC1Cc1ccccc1)N1CCN(C(=O)C(C)C)CC1. The van der Waals surface area contributed by atoms with Crippen LogP contribution in [0.25, 0.3) is 0 Å². The van der Waals surface area contributed by atoms with Crippen molar-refractivity contribution >= 4 is 11.9 Å². The summed E-state index contributed by atoms with van der Waals surface area (Å²) in [5.74, 6) is 2.02. The highest BCUT2D eigenvalue weighted by atomic mass is 16.2. The Morgan fingerprint density at radius 1 is 1.16 bits per heavy atom. The van der Waals surface area contributed by atoms with Gasteiger partial charge in [-0.2, -0.15) is 0 Å². The first-order chi connectivity index (χ1) is 12.1. The van der Waals surface area contributed by atoms with Crippen molar-refractivity contribution in [1.82, 2.24) is 15.1 Å². The van der Waals surface area contributed by atoms with Crippen LogP contribution in [0.4, 0.5) is 0 Å². The lowest BCUT2D eigenvalue weighted by Gasteiger charge is -2.37. The van der Waals surface area contributed by atoms with Crippen molar-refractivity contribution in [2.24, 2.45) is 16.8 Å². The van der Waals surface area contributed by atoms with Crippen LogP contribution >= 0.6 is 0 Å². The summed E-state index contributed by atoms with van der Waals surface area (Å²) >= 11 is 0. The number of guanidine groups is 1. The molecular formula is C20H30N4O. The number of benzene rings is 1. The molecule has 1 aliphatic heterocycles. The van der Waals surface area contributed by atoms with Gasteiger partial charge in [0, 0.05) is 45.2 Å². The van der Waals surface area contributed by atoms with Gasteiger partial charge in [-0.15, -0.1) is 0 Å². The van der Waals surface area contributed by atoms with Gasteiger partial charge in [0.1, 0.15) is 0 Å². The van der Waals surface area contributed by atoms with E-state index in [4.69, 9.17) is 0 Å². The van der Waals surface area contributed by atoms with Crippen LogP contribution in [-0.4, -0.2) is 60.9 Å². The van der Waals surface area contributed by atoms with Crippen LogP contribution in [0.15, 0.2) is 35.3 Å². The van der Waals surface area contributed by atoms with E-state index in [1.807, 2.05) is 25.8 Å². The Morgan fingerprint density at radius 3 is 2.40 bits per heavy atom. The summed E-state index contributed by atoms with van der Waals surface area (Å²) in [4.78, 5) is 20.8. The molecule has 2 fully saturated rings. The lowest BCUT2D eigenvalue weighted by molar-refractivity contribution is -0.135.